The number of nitrogens with two attached hydrogens (primary N) is 1. The molecule has 0 radical (unpaired) electrons. The lowest BCUT2D eigenvalue weighted by atomic mass is 9.98. The smallest absolute Gasteiger partial charge is 0.131 e. The summed E-state index contributed by atoms with van der Waals surface area (Å²) in [7, 11) is 3.37. The van der Waals surface area contributed by atoms with Crippen LogP contribution < -0.4 is 15.2 Å². The molecule has 0 saturated carbocycles. The van der Waals surface area contributed by atoms with Crippen molar-refractivity contribution in [1.29, 1.82) is 0 Å². The highest BCUT2D eigenvalue weighted by molar-refractivity contribution is 6.09. The van der Waals surface area contributed by atoms with Gasteiger partial charge in [-0.2, -0.15) is 0 Å². The maximum absolute atomic E-state index is 5.74. The minimum Gasteiger partial charge on any atom is -0.497 e. The fourth-order valence-corrected chi connectivity index (χ4v) is 3.93. The third-order valence-electron chi connectivity index (χ3n) is 5.36. The SMILES string of the molecule is COc1ccc(-c2[nH]c3c(ccc4ccccc43)c2CCCCN)c(OC)c1. The second-order valence-electron chi connectivity index (χ2n) is 7.00. The van der Waals surface area contributed by atoms with Gasteiger partial charge < -0.3 is 20.2 Å². The van der Waals surface area contributed by atoms with E-state index in [9.17, 15) is 0 Å². The van der Waals surface area contributed by atoms with Gasteiger partial charge in [-0.05, 0) is 48.9 Å². The minimum atomic E-state index is 0.715. The largest absolute Gasteiger partial charge is 0.497 e. The Kier molecular flexibility index (Phi) is 5.22. The van der Waals surface area contributed by atoms with Gasteiger partial charge in [0.1, 0.15) is 11.5 Å². The van der Waals surface area contributed by atoms with Crippen molar-refractivity contribution in [2.75, 3.05) is 20.8 Å². The third-order valence-corrected chi connectivity index (χ3v) is 5.36. The zero-order chi connectivity index (χ0) is 19.5. The van der Waals surface area contributed by atoms with Crippen LogP contribution in [0.4, 0.5) is 0 Å². The Balaban J connectivity index is 1.96. The Hall–Kier alpha value is -2.98. The van der Waals surface area contributed by atoms with E-state index in [4.69, 9.17) is 15.2 Å². The molecule has 4 heteroatoms. The van der Waals surface area contributed by atoms with Crippen molar-refractivity contribution >= 4 is 21.7 Å². The second-order valence-corrected chi connectivity index (χ2v) is 7.00. The number of H-pyrrole nitrogens is 1. The third kappa shape index (κ3) is 3.20. The molecule has 3 aromatic carbocycles. The molecule has 0 amide bonds. The van der Waals surface area contributed by atoms with Crippen molar-refractivity contribution in [2.24, 2.45) is 5.73 Å². The lowest BCUT2D eigenvalue weighted by molar-refractivity contribution is 0.395. The lowest BCUT2D eigenvalue weighted by Gasteiger charge is -2.11. The van der Waals surface area contributed by atoms with Crippen LogP contribution in [0.5, 0.6) is 11.5 Å². The number of hydrogen-bond donors (Lipinski definition) is 2. The molecule has 4 nitrogen and oxygen atoms in total. The molecule has 1 heterocycles. The van der Waals surface area contributed by atoms with Crippen molar-refractivity contribution in [3.63, 3.8) is 0 Å². The molecule has 0 unspecified atom stereocenters. The number of benzene rings is 3. The molecule has 0 saturated heterocycles. The molecular formula is C24H26N2O2. The number of aromatic amines is 1. The molecule has 0 spiro atoms. The van der Waals surface area contributed by atoms with E-state index in [1.807, 2.05) is 12.1 Å². The van der Waals surface area contributed by atoms with Gasteiger partial charge in [-0.15, -0.1) is 0 Å². The van der Waals surface area contributed by atoms with Crippen LogP contribution in [0.1, 0.15) is 18.4 Å². The Labute approximate surface area is 165 Å². The zero-order valence-corrected chi connectivity index (χ0v) is 16.4. The topological polar surface area (TPSA) is 60.3 Å². The maximum Gasteiger partial charge on any atom is 0.131 e. The molecule has 0 aliphatic carbocycles. The number of aryl methyl sites for hydroxylation is 1. The van der Waals surface area contributed by atoms with Crippen molar-refractivity contribution in [2.45, 2.75) is 19.3 Å². The Bertz CT molecular complexity index is 1110. The first-order valence-corrected chi connectivity index (χ1v) is 9.71. The second kappa shape index (κ2) is 7.95. The highest BCUT2D eigenvalue weighted by atomic mass is 16.5. The van der Waals surface area contributed by atoms with Gasteiger partial charge in [-0.3, -0.25) is 0 Å². The first-order valence-electron chi connectivity index (χ1n) is 9.71. The fourth-order valence-electron chi connectivity index (χ4n) is 3.93. The van der Waals surface area contributed by atoms with Gasteiger partial charge in [0.15, 0.2) is 0 Å². The van der Waals surface area contributed by atoms with Crippen LogP contribution >= 0.6 is 0 Å². The van der Waals surface area contributed by atoms with Gasteiger partial charge in [-0.1, -0.05) is 36.4 Å². The molecule has 1 aromatic heterocycles. The number of nitrogens with one attached hydrogen (secondary N) is 1. The summed E-state index contributed by atoms with van der Waals surface area (Å²) in [5.41, 5.74) is 10.4. The van der Waals surface area contributed by atoms with E-state index in [2.05, 4.69) is 47.4 Å². The van der Waals surface area contributed by atoms with E-state index in [0.29, 0.717) is 6.54 Å². The van der Waals surface area contributed by atoms with E-state index >= 15 is 0 Å². The number of hydrogen-bond acceptors (Lipinski definition) is 3. The van der Waals surface area contributed by atoms with E-state index < -0.39 is 0 Å². The van der Waals surface area contributed by atoms with Gasteiger partial charge in [0.25, 0.3) is 0 Å². The summed E-state index contributed by atoms with van der Waals surface area (Å²) in [5, 5.41) is 3.74. The van der Waals surface area contributed by atoms with Crippen molar-refractivity contribution in [3.05, 3.63) is 60.2 Å². The summed E-state index contributed by atoms with van der Waals surface area (Å²) < 4.78 is 11.1. The van der Waals surface area contributed by atoms with Gasteiger partial charge in [-0.25, -0.2) is 0 Å². The number of fused-ring (bicyclic) bond motifs is 3. The van der Waals surface area contributed by atoms with Crippen LogP contribution in [-0.2, 0) is 6.42 Å². The van der Waals surface area contributed by atoms with Gasteiger partial charge in [0.2, 0.25) is 0 Å². The molecule has 0 atom stereocenters. The Morgan fingerprint density at radius 1 is 0.893 bits per heavy atom. The molecule has 4 rings (SSSR count). The molecule has 144 valence electrons. The molecule has 3 N–H and O–H groups in total. The quantitative estimate of drug-likeness (QED) is 0.432. The molecule has 0 aliphatic rings. The lowest BCUT2D eigenvalue weighted by Crippen LogP contribution is -1.99. The van der Waals surface area contributed by atoms with Crippen LogP contribution in [0.25, 0.3) is 32.9 Å². The number of unbranched alkanes of at least 4 members (excludes halogenated alkanes) is 1. The average Bonchev–Trinajstić information content (AvgIpc) is 3.12. The van der Waals surface area contributed by atoms with E-state index in [1.54, 1.807) is 14.2 Å². The van der Waals surface area contributed by atoms with Crippen LogP contribution in [0.2, 0.25) is 0 Å². The Morgan fingerprint density at radius 2 is 1.75 bits per heavy atom. The van der Waals surface area contributed by atoms with E-state index in [1.165, 1.54) is 27.2 Å². The van der Waals surface area contributed by atoms with Crippen LogP contribution in [0.3, 0.4) is 0 Å². The van der Waals surface area contributed by atoms with Crippen molar-refractivity contribution in [3.8, 4) is 22.8 Å². The highest BCUT2D eigenvalue weighted by Crippen LogP contribution is 2.40. The minimum absolute atomic E-state index is 0.715. The number of aromatic nitrogens is 1. The standard InChI is InChI=1S/C24H26N2O2/c1-27-17-11-13-21(22(15-17)28-2)24-19(9-5-6-14-25)20-12-10-16-7-3-4-8-18(16)23(20)26-24/h3-4,7-8,10-13,15,26H,5-6,9,14,25H2,1-2H3. The van der Waals surface area contributed by atoms with Crippen molar-refractivity contribution in [1.82, 2.24) is 4.98 Å². The van der Waals surface area contributed by atoms with Crippen LogP contribution in [-0.4, -0.2) is 25.7 Å². The number of methoxy groups -OCH3 is 2. The average molecular weight is 374 g/mol. The zero-order valence-electron chi connectivity index (χ0n) is 16.4. The first-order chi connectivity index (χ1) is 13.8. The fraction of sp³-hybridized carbons (Fsp3) is 0.250. The monoisotopic (exact) mass is 374 g/mol. The number of rotatable bonds is 7. The summed E-state index contributed by atoms with van der Waals surface area (Å²) in [4.78, 5) is 3.71. The number of ether oxygens (including phenoxy) is 2. The first kappa shape index (κ1) is 18.4. The van der Waals surface area contributed by atoms with Gasteiger partial charge in [0.05, 0.1) is 25.4 Å². The summed E-state index contributed by atoms with van der Waals surface area (Å²) in [6.07, 6.45) is 3.04. The molecule has 28 heavy (non-hydrogen) atoms. The van der Waals surface area contributed by atoms with Crippen LogP contribution in [0, 0.1) is 0 Å². The van der Waals surface area contributed by atoms with Gasteiger partial charge >= 0.3 is 0 Å². The Morgan fingerprint density at radius 3 is 2.54 bits per heavy atom. The summed E-state index contributed by atoms with van der Waals surface area (Å²) in [6, 6.07) is 18.9. The van der Waals surface area contributed by atoms with Crippen LogP contribution in [0.15, 0.2) is 54.6 Å². The summed E-state index contributed by atoms with van der Waals surface area (Å²) in [6.45, 7) is 0.715. The molecule has 0 fully saturated rings. The summed E-state index contributed by atoms with van der Waals surface area (Å²) in [5.74, 6) is 1.59. The molecule has 4 aromatic rings. The molecule has 0 aliphatic heterocycles. The van der Waals surface area contributed by atoms with Crippen molar-refractivity contribution < 1.29 is 9.47 Å². The highest BCUT2D eigenvalue weighted by Gasteiger charge is 2.18. The normalized spacial score (nSPS) is 11.2. The maximum atomic E-state index is 5.74. The van der Waals surface area contributed by atoms with E-state index in [-0.39, 0.29) is 0 Å². The predicted molar refractivity (Wildman–Crippen MR) is 116 cm³/mol. The van der Waals surface area contributed by atoms with Gasteiger partial charge in [0, 0.05) is 22.4 Å². The summed E-state index contributed by atoms with van der Waals surface area (Å²) >= 11 is 0. The van der Waals surface area contributed by atoms with E-state index in [0.717, 1.165) is 42.0 Å². The predicted octanol–water partition coefficient (Wildman–Crippen LogP) is 5.29. The molecule has 0 bridgehead atoms. The molecular weight excluding hydrogens is 348 g/mol.